The number of para-hydroxylation sites is 1. The molecule has 0 unspecified atom stereocenters. The van der Waals surface area contributed by atoms with Gasteiger partial charge >= 0.3 is 0 Å². The van der Waals surface area contributed by atoms with E-state index < -0.39 is 9.84 Å². The van der Waals surface area contributed by atoms with E-state index in [4.69, 9.17) is 9.57 Å². The fraction of sp³-hybridized carbons (Fsp3) is 0. The number of aliphatic imine (C=N–C) groups is 1. The number of ether oxygens (including phenoxy) is 1. The summed E-state index contributed by atoms with van der Waals surface area (Å²) in [4.78, 5) is 16.6. The summed E-state index contributed by atoms with van der Waals surface area (Å²) >= 11 is 3.16. The lowest BCUT2D eigenvalue weighted by Gasteiger charge is -2.03. The Bertz CT molecular complexity index is 1070. The van der Waals surface area contributed by atoms with Crippen LogP contribution >= 0.6 is 15.9 Å². The Balaban J connectivity index is 1.58. The number of aromatic nitrogens is 2. The van der Waals surface area contributed by atoms with Crippen LogP contribution in [0.15, 0.2) is 91.7 Å². The highest BCUT2D eigenvalue weighted by Gasteiger charge is 2.20. The van der Waals surface area contributed by atoms with Gasteiger partial charge in [0.2, 0.25) is 22.6 Å². The Morgan fingerprint density at radius 3 is 2.29 bits per heavy atom. The monoisotopic (exact) mass is 460 g/mol. The number of oxime groups is 1. The smallest absolute Gasteiger partial charge is 0.252 e. The maximum atomic E-state index is 12.5. The molecule has 0 amide bonds. The van der Waals surface area contributed by atoms with Gasteiger partial charge in [-0.15, -0.1) is 0 Å². The molecule has 0 saturated heterocycles. The van der Waals surface area contributed by atoms with Crippen LogP contribution in [0.4, 0.5) is 5.69 Å². The molecule has 142 valence electrons. The molecule has 0 bridgehead atoms. The maximum absolute atomic E-state index is 12.5. The second kappa shape index (κ2) is 9.20. The number of halogens is 1. The first-order valence-electron chi connectivity index (χ1n) is 7.80. The molecule has 0 aliphatic heterocycles. The summed E-state index contributed by atoms with van der Waals surface area (Å²) in [5.74, 6) is 0.623. The Morgan fingerprint density at radius 1 is 0.929 bits per heavy atom. The number of sulfone groups is 1. The van der Waals surface area contributed by atoms with Crippen LogP contribution in [0.2, 0.25) is 0 Å². The van der Waals surface area contributed by atoms with Gasteiger partial charge in [-0.05, 0) is 57.5 Å². The van der Waals surface area contributed by atoms with E-state index in [1.807, 2.05) is 18.2 Å². The van der Waals surface area contributed by atoms with E-state index in [2.05, 4.69) is 36.0 Å². The second-order valence-electron chi connectivity index (χ2n) is 5.16. The summed E-state index contributed by atoms with van der Waals surface area (Å²) in [5, 5.41) is 3.30. The van der Waals surface area contributed by atoms with Gasteiger partial charge in [0.15, 0.2) is 0 Å². The number of hydrogen-bond donors (Lipinski definition) is 0. The third-order valence-corrected chi connectivity index (χ3v) is 5.26. The van der Waals surface area contributed by atoms with Crippen molar-refractivity contribution in [3.05, 3.63) is 71.5 Å². The van der Waals surface area contributed by atoms with Crippen molar-refractivity contribution in [1.82, 2.24) is 9.97 Å². The molecule has 0 aliphatic carbocycles. The average Bonchev–Trinajstić information content (AvgIpc) is 2.72. The standard InChI is InChI=1S/C18H13BrN4O4S/c19-14-10-20-18(21-11-14)28(24,25)17-8-6-15(7-9-17)22-12-27-23-13-26-16-4-2-1-3-5-16/h1-13H. The lowest BCUT2D eigenvalue weighted by molar-refractivity contribution is 0.335. The minimum Gasteiger partial charge on any atom is -0.442 e. The van der Waals surface area contributed by atoms with Crippen molar-refractivity contribution in [2.45, 2.75) is 10.1 Å². The second-order valence-corrected chi connectivity index (χ2v) is 7.92. The van der Waals surface area contributed by atoms with Gasteiger partial charge in [-0.25, -0.2) is 23.4 Å². The summed E-state index contributed by atoms with van der Waals surface area (Å²) in [6, 6.07) is 15.0. The number of rotatable bonds is 7. The van der Waals surface area contributed by atoms with Crippen molar-refractivity contribution in [3.8, 4) is 5.75 Å². The molecular formula is C18H13BrN4O4S. The van der Waals surface area contributed by atoms with Crippen LogP contribution in [-0.2, 0) is 14.7 Å². The third-order valence-electron chi connectivity index (χ3n) is 3.27. The molecule has 1 aromatic heterocycles. The molecule has 0 saturated carbocycles. The van der Waals surface area contributed by atoms with E-state index in [9.17, 15) is 8.42 Å². The molecule has 3 rings (SSSR count). The normalized spacial score (nSPS) is 11.8. The number of benzene rings is 2. The van der Waals surface area contributed by atoms with E-state index in [1.54, 1.807) is 12.1 Å². The van der Waals surface area contributed by atoms with Crippen molar-refractivity contribution in [2.24, 2.45) is 10.1 Å². The first-order chi connectivity index (χ1) is 13.6. The van der Waals surface area contributed by atoms with E-state index in [-0.39, 0.29) is 10.1 Å². The number of nitrogens with zero attached hydrogens (tertiary/aromatic N) is 4. The van der Waals surface area contributed by atoms with Gasteiger partial charge in [-0.1, -0.05) is 18.2 Å². The SMILES string of the molecule is O=S(=O)(c1ccc(N=CON=COc2ccccc2)cc1)c1ncc(Br)cn1. The van der Waals surface area contributed by atoms with Gasteiger partial charge in [0, 0.05) is 12.4 Å². The summed E-state index contributed by atoms with van der Waals surface area (Å²) in [6.45, 7) is 0. The quantitative estimate of drug-likeness (QED) is 0.230. The zero-order valence-corrected chi connectivity index (χ0v) is 16.6. The van der Waals surface area contributed by atoms with Gasteiger partial charge in [-0.3, -0.25) is 0 Å². The molecule has 28 heavy (non-hydrogen) atoms. The summed E-state index contributed by atoms with van der Waals surface area (Å²) in [6.07, 6.45) is 4.98. The molecule has 3 aromatic rings. The highest BCUT2D eigenvalue weighted by atomic mass is 79.9. The van der Waals surface area contributed by atoms with Crippen LogP contribution in [0.5, 0.6) is 5.75 Å². The fourth-order valence-electron chi connectivity index (χ4n) is 1.97. The number of hydrogen-bond acceptors (Lipinski definition) is 8. The van der Waals surface area contributed by atoms with E-state index >= 15 is 0 Å². The summed E-state index contributed by atoms with van der Waals surface area (Å²) < 4.78 is 30.7. The Labute approximate surface area is 169 Å². The van der Waals surface area contributed by atoms with Gasteiger partial charge in [0.05, 0.1) is 15.1 Å². The van der Waals surface area contributed by atoms with Gasteiger partial charge in [0.1, 0.15) is 5.75 Å². The van der Waals surface area contributed by atoms with Crippen molar-refractivity contribution in [1.29, 1.82) is 0 Å². The van der Waals surface area contributed by atoms with Crippen LogP contribution in [0.3, 0.4) is 0 Å². The largest absolute Gasteiger partial charge is 0.442 e. The van der Waals surface area contributed by atoms with Gasteiger partial charge in [0.25, 0.3) is 5.16 Å². The average molecular weight is 461 g/mol. The molecule has 0 fully saturated rings. The molecule has 10 heteroatoms. The van der Waals surface area contributed by atoms with E-state index in [0.29, 0.717) is 15.9 Å². The van der Waals surface area contributed by atoms with Crippen LogP contribution in [0, 0.1) is 0 Å². The molecule has 0 radical (unpaired) electrons. The fourth-order valence-corrected chi connectivity index (χ4v) is 3.27. The van der Waals surface area contributed by atoms with Crippen LogP contribution in [0.25, 0.3) is 0 Å². The molecule has 2 aromatic carbocycles. The summed E-state index contributed by atoms with van der Waals surface area (Å²) in [7, 11) is -3.80. The van der Waals surface area contributed by atoms with Crippen molar-refractivity contribution in [2.75, 3.05) is 0 Å². The minimum absolute atomic E-state index is 0.0592. The lowest BCUT2D eigenvalue weighted by Crippen LogP contribution is -2.06. The van der Waals surface area contributed by atoms with Crippen LogP contribution in [-0.4, -0.2) is 31.2 Å². The summed E-state index contributed by atoms with van der Waals surface area (Å²) in [5.41, 5.74) is 0.481. The van der Waals surface area contributed by atoms with E-state index in [0.717, 1.165) is 12.8 Å². The Kier molecular flexibility index (Phi) is 6.45. The first kappa shape index (κ1) is 19.6. The molecule has 1 heterocycles. The molecule has 0 spiro atoms. The first-order valence-corrected chi connectivity index (χ1v) is 10.1. The Morgan fingerprint density at radius 2 is 1.61 bits per heavy atom. The van der Waals surface area contributed by atoms with Gasteiger partial charge in [-0.2, -0.15) is 0 Å². The predicted octanol–water partition coefficient (Wildman–Crippen LogP) is 3.77. The lowest BCUT2D eigenvalue weighted by atomic mass is 10.3. The van der Waals surface area contributed by atoms with E-state index in [1.165, 1.54) is 36.7 Å². The minimum atomic E-state index is -3.80. The zero-order chi connectivity index (χ0) is 19.8. The molecule has 0 aliphatic rings. The van der Waals surface area contributed by atoms with Crippen molar-refractivity contribution in [3.63, 3.8) is 0 Å². The van der Waals surface area contributed by atoms with Crippen molar-refractivity contribution >= 4 is 44.3 Å². The highest BCUT2D eigenvalue weighted by Crippen LogP contribution is 2.21. The molecule has 8 nitrogen and oxygen atoms in total. The topological polar surface area (TPSA) is 103 Å². The molecule has 0 atom stereocenters. The van der Waals surface area contributed by atoms with Gasteiger partial charge < -0.3 is 9.57 Å². The Hall–Kier alpha value is -3.11. The van der Waals surface area contributed by atoms with Crippen LogP contribution < -0.4 is 4.74 Å². The maximum Gasteiger partial charge on any atom is 0.252 e. The van der Waals surface area contributed by atoms with Crippen LogP contribution in [0.1, 0.15) is 0 Å². The molecule has 0 N–H and O–H groups in total. The predicted molar refractivity (Wildman–Crippen MR) is 106 cm³/mol. The molecular weight excluding hydrogens is 448 g/mol. The zero-order valence-electron chi connectivity index (χ0n) is 14.2. The van der Waals surface area contributed by atoms with Crippen molar-refractivity contribution < 1.29 is 18.0 Å². The third kappa shape index (κ3) is 5.21. The highest BCUT2D eigenvalue weighted by molar-refractivity contribution is 9.10.